The van der Waals surface area contributed by atoms with Gasteiger partial charge in [-0.05, 0) is 38.5 Å². The first-order chi connectivity index (χ1) is 11.5. The Kier molecular flexibility index (Phi) is 5.78. The van der Waals surface area contributed by atoms with E-state index in [9.17, 15) is 14.4 Å². The Hall–Kier alpha value is -2.57. The maximum absolute atomic E-state index is 12.4. The van der Waals surface area contributed by atoms with Gasteiger partial charge in [-0.2, -0.15) is 0 Å². The number of hydrogen-bond acceptors (Lipinski definition) is 3. The van der Waals surface area contributed by atoms with Crippen LogP contribution in [0.1, 0.15) is 30.6 Å². The van der Waals surface area contributed by atoms with Crippen molar-refractivity contribution in [3.05, 3.63) is 29.8 Å². The molecule has 2 N–H and O–H groups in total. The summed E-state index contributed by atoms with van der Waals surface area (Å²) in [6.45, 7) is 5.70. The lowest BCUT2D eigenvalue weighted by molar-refractivity contribution is -0.141. The number of carbonyl (C=O) groups is 3. The highest BCUT2D eigenvalue weighted by atomic mass is 16.4. The van der Waals surface area contributed by atoms with Crippen molar-refractivity contribution in [3.63, 3.8) is 0 Å². The topological polar surface area (TPSA) is 90.0 Å². The lowest BCUT2D eigenvalue weighted by atomic mass is 10.1. The number of carboxylic acid groups (broad SMARTS) is 1. The second-order valence-electron chi connectivity index (χ2n) is 5.76. The molecule has 0 aromatic heterocycles. The SMILES string of the molecule is CCN(CC)C(=O)c1cccc(NC(=O)N2CCC(C(=O)O)C2)c1. The highest BCUT2D eigenvalue weighted by Crippen LogP contribution is 2.19. The third-order valence-electron chi connectivity index (χ3n) is 4.24. The van der Waals surface area contributed by atoms with E-state index in [-0.39, 0.29) is 18.5 Å². The molecule has 24 heavy (non-hydrogen) atoms. The minimum absolute atomic E-state index is 0.0804. The molecule has 7 heteroatoms. The van der Waals surface area contributed by atoms with Crippen molar-refractivity contribution in [3.8, 4) is 0 Å². The summed E-state index contributed by atoms with van der Waals surface area (Å²) in [7, 11) is 0. The van der Waals surface area contributed by atoms with Gasteiger partial charge in [-0.1, -0.05) is 6.07 Å². The monoisotopic (exact) mass is 333 g/mol. The Bertz CT molecular complexity index is 628. The first-order valence-electron chi connectivity index (χ1n) is 8.14. The smallest absolute Gasteiger partial charge is 0.321 e. The molecule has 130 valence electrons. The van der Waals surface area contributed by atoms with E-state index >= 15 is 0 Å². The zero-order valence-electron chi connectivity index (χ0n) is 14.0. The maximum atomic E-state index is 12.4. The number of carbonyl (C=O) groups excluding carboxylic acids is 2. The van der Waals surface area contributed by atoms with Crippen molar-refractivity contribution in [1.29, 1.82) is 0 Å². The van der Waals surface area contributed by atoms with Gasteiger partial charge in [-0.25, -0.2) is 4.79 Å². The van der Waals surface area contributed by atoms with Gasteiger partial charge in [0.25, 0.3) is 5.91 Å². The van der Waals surface area contributed by atoms with Crippen LogP contribution in [0.15, 0.2) is 24.3 Å². The molecular weight excluding hydrogens is 310 g/mol. The normalized spacial score (nSPS) is 16.8. The van der Waals surface area contributed by atoms with E-state index in [1.54, 1.807) is 29.2 Å². The highest BCUT2D eigenvalue weighted by molar-refractivity contribution is 5.97. The van der Waals surface area contributed by atoms with Crippen molar-refractivity contribution in [2.45, 2.75) is 20.3 Å². The summed E-state index contributed by atoms with van der Waals surface area (Å²) in [6, 6.07) is 6.44. The zero-order valence-corrected chi connectivity index (χ0v) is 14.0. The number of nitrogens with one attached hydrogen (secondary N) is 1. The average molecular weight is 333 g/mol. The number of anilines is 1. The minimum atomic E-state index is -0.878. The number of aliphatic carboxylic acids is 1. The molecule has 1 aromatic rings. The van der Waals surface area contributed by atoms with E-state index in [2.05, 4.69) is 5.32 Å². The molecule has 0 bridgehead atoms. The standard InChI is InChI=1S/C17H23N3O4/c1-3-19(4-2)15(21)12-6-5-7-14(10-12)18-17(24)20-9-8-13(11-20)16(22)23/h5-7,10,13H,3-4,8-9,11H2,1-2H3,(H,18,24)(H,22,23). The number of urea groups is 1. The van der Waals surface area contributed by atoms with Gasteiger partial charge in [0, 0.05) is 37.4 Å². The van der Waals surface area contributed by atoms with Crippen LogP contribution in [0.3, 0.4) is 0 Å². The molecule has 1 fully saturated rings. The van der Waals surface area contributed by atoms with Crippen LogP contribution in [0, 0.1) is 5.92 Å². The van der Waals surface area contributed by atoms with Crippen LogP contribution in [0.5, 0.6) is 0 Å². The quantitative estimate of drug-likeness (QED) is 0.863. The molecule has 0 spiro atoms. The van der Waals surface area contributed by atoms with Gasteiger partial charge in [0.1, 0.15) is 0 Å². The average Bonchev–Trinajstić information content (AvgIpc) is 3.06. The lowest BCUT2D eigenvalue weighted by Gasteiger charge is -2.20. The Labute approximate surface area is 141 Å². The van der Waals surface area contributed by atoms with Crippen LogP contribution in [-0.2, 0) is 4.79 Å². The largest absolute Gasteiger partial charge is 0.481 e. The molecule has 0 radical (unpaired) electrons. The van der Waals surface area contributed by atoms with Gasteiger partial charge in [-0.3, -0.25) is 9.59 Å². The molecule has 1 heterocycles. The van der Waals surface area contributed by atoms with Crippen LogP contribution >= 0.6 is 0 Å². The Morgan fingerprint density at radius 3 is 2.58 bits per heavy atom. The summed E-state index contributed by atoms with van der Waals surface area (Å²) in [4.78, 5) is 38.8. The van der Waals surface area contributed by atoms with Gasteiger partial charge in [-0.15, -0.1) is 0 Å². The zero-order chi connectivity index (χ0) is 17.7. The number of likely N-dealkylation sites (tertiary alicyclic amines) is 1. The van der Waals surface area contributed by atoms with Gasteiger partial charge < -0.3 is 20.2 Å². The fourth-order valence-electron chi connectivity index (χ4n) is 2.77. The van der Waals surface area contributed by atoms with Gasteiger partial charge in [0.15, 0.2) is 0 Å². The summed E-state index contributed by atoms with van der Waals surface area (Å²) < 4.78 is 0. The fourth-order valence-corrected chi connectivity index (χ4v) is 2.77. The minimum Gasteiger partial charge on any atom is -0.481 e. The number of nitrogens with zero attached hydrogens (tertiary/aromatic N) is 2. The Morgan fingerprint density at radius 1 is 1.29 bits per heavy atom. The van der Waals surface area contributed by atoms with Crippen molar-refractivity contribution < 1.29 is 19.5 Å². The fraction of sp³-hybridized carbons (Fsp3) is 0.471. The van der Waals surface area contributed by atoms with Crippen molar-refractivity contribution in [2.24, 2.45) is 5.92 Å². The molecule has 0 saturated carbocycles. The van der Waals surface area contributed by atoms with Gasteiger partial charge in [0.2, 0.25) is 0 Å². The second-order valence-corrected chi connectivity index (χ2v) is 5.76. The van der Waals surface area contributed by atoms with E-state index < -0.39 is 11.9 Å². The summed E-state index contributed by atoms with van der Waals surface area (Å²) in [5, 5.41) is 11.7. The van der Waals surface area contributed by atoms with Crippen LogP contribution in [0.4, 0.5) is 10.5 Å². The molecule has 3 amide bonds. The van der Waals surface area contributed by atoms with Crippen LogP contribution < -0.4 is 5.32 Å². The number of hydrogen-bond donors (Lipinski definition) is 2. The molecule has 1 aromatic carbocycles. The van der Waals surface area contributed by atoms with E-state index in [0.29, 0.717) is 37.3 Å². The van der Waals surface area contributed by atoms with Crippen LogP contribution in [0.2, 0.25) is 0 Å². The van der Waals surface area contributed by atoms with Crippen molar-refractivity contribution in [1.82, 2.24) is 9.80 Å². The molecule has 1 aliphatic heterocycles. The van der Waals surface area contributed by atoms with E-state index in [4.69, 9.17) is 5.11 Å². The molecule has 2 rings (SSSR count). The van der Waals surface area contributed by atoms with Gasteiger partial charge in [0.05, 0.1) is 5.92 Å². The predicted octanol–water partition coefficient (Wildman–Crippen LogP) is 2.11. The first kappa shape index (κ1) is 17.8. The molecule has 1 unspecified atom stereocenters. The Morgan fingerprint density at radius 2 is 2.00 bits per heavy atom. The molecule has 1 saturated heterocycles. The summed E-state index contributed by atoms with van der Waals surface area (Å²) in [5.74, 6) is -1.47. The third kappa shape index (κ3) is 4.04. The van der Waals surface area contributed by atoms with Crippen LogP contribution in [-0.4, -0.2) is 59.0 Å². The highest BCUT2D eigenvalue weighted by Gasteiger charge is 2.30. The van der Waals surface area contributed by atoms with Crippen molar-refractivity contribution >= 4 is 23.6 Å². The van der Waals surface area contributed by atoms with Crippen LogP contribution in [0.25, 0.3) is 0 Å². The molecule has 1 aliphatic rings. The number of rotatable bonds is 5. The summed E-state index contributed by atoms with van der Waals surface area (Å²) in [6.07, 6.45) is 0.462. The third-order valence-corrected chi connectivity index (χ3v) is 4.24. The summed E-state index contributed by atoms with van der Waals surface area (Å²) >= 11 is 0. The van der Waals surface area contributed by atoms with E-state index in [0.717, 1.165) is 0 Å². The van der Waals surface area contributed by atoms with E-state index in [1.807, 2.05) is 13.8 Å². The molecule has 0 aliphatic carbocycles. The Balaban J connectivity index is 2.03. The molecule has 1 atom stereocenters. The number of carboxylic acids is 1. The summed E-state index contributed by atoms with van der Waals surface area (Å²) in [5.41, 5.74) is 1.04. The number of amides is 3. The second kappa shape index (κ2) is 7.81. The van der Waals surface area contributed by atoms with Crippen molar-refractivity contribution in [2.75, 3.05) is 31.5 Å². The predicted molar refractivity (Wildman–Crippen MR) is 90.0 cm³/mol. The first-order valence-corrected chi connectivity index (χ1v) is 8.14. The van der Waals surface area contributed by atoms with Gasteiger partial charge >= 0.3 is 12.0 Å². The molecule has 7 nitrogen and oxygen atoms in total. The lowest BCUT2D eigenvalue weighted by Crippen LogP contribution is -2.34. The maximum Gasteiger partial charge on any atom is 0.321 e. The number of benzene rings is 1. The van der Waals surface area contributed by atoms with E-state index in [1.165, 1.54) is 4.90 Å². The molecular formula is C17H23N3O4.